The van der Waals surface area contributed by atoms with Gasteiger partial charge in [0, 0.05) is 24.9 Å². The molecule has 3 saturated heterocycles. The number of rotatable bonds is 11. The number of amides is 3. The summed E-state index contributed by atoms with van der Waals surface area (Å²) in [5.41, 5.74) is -1.31. The lowest BCUT2D eigenvalue weighted by Crippen LogP contribution is -2.56. The second-order valence-corrected chi connectivity index (χ2v) is 11.1. The molecule has 0 saturated carbocycles. The van der Waals surface area contributed by atoms with Crippen LogP contribution < -0.4 is 15.4 Å². The summed E-state index contributed by atoms with van der Waals surface area (Å²) < 4.78 is 12.2. The van der Waals surface area contributed by atoms with Crippen molar-refractivity contribution in [1.82, 2.24) is 10.2 Å². The third-order valence-electron chi connectivity index (χ3n) is 8.27. The van der Waals surface area contributed by atoms with Gasteiger partial charge in [0.15, 0.2) is 0 Å². The van der Waals surface area contributed by atoms with E-state index in [1.165, 1.54) is 0 Å². The molecule has 0 aliphatic carbocycles. The predicted octanol–water partition coefficient (Wildman–Crippen LogP) is 2.72. The lowest BCUT2D eigenvalue weighted by atomic mass is 9.62. The third kappa shape index (κ3) is 4.72. The van der Waals surface area contributed by atoms with Gasteiger partial charge in [-0.25, -0.2) is 0 Å². The van der Waals surface area contributed by atoms with Gasteiger partial charge in [-0.15, -0.1) is 0 Å². The topological polar surface area (TPSA) is 117 Å². The molecule has 1 spiro atoms. The number of unbranched alkanes of at least 4 members (excludes halogenated alkanes) is 2. The minimum absolute atomic E-state index is 0.0173. The van der Waals surface area contributed by atoms with Crippen LogP contribution in [0.4, 0.5) is 5.69 Å². The highest BCUT2D eigenvalue weighted by atomic mass is 16.5. The second kappa shape index (κ2) is 10.6. The smallest absolute Gasteiger partial charge is 0.246 e. The van der Waals surface area contributed by atoms with Crippen LogP contribution in [0.25, 0.3) is 0 Å². The van der Waals surface area contributed by atoms with Crippen molar-refractivity contribution in [3.63, 3.8) is 0 Å². The molecule has 3 aliphatic rings. The number of nitrogens with one attached hydrogen (secondary N) is 2. The molecule has 3 heterocycles. The van der Waals surface area contributed by atoms with E-state index in [1.807, 2.05) is 34.6 Å². The van der Waals surface area contributed by atoms with Crippen LogP contribution in [0.15, 0.2) is 24.3 Å². The van der Waals surface area contributed by atoms with Crippen LogP contribution in [-0.4, -0.2) is 70.8 Å². The number of fused-ring (bicyclic) bond motifs is 1. The number of hydrogen-bond donors (Lipinski definition) is 3. The van der Waals surface area contributed by atoms with Crippen LogP contribution in [-0.2, 0) is 19.1 Å². The standard InChI is InChI=1S/C28H41N3O6/c1-6-36-20-12-10-19(11-13-20)30-24(33)21-22-26(35)31(14-8-7-9-15-32)23(25(34)29-17(2)3)28(22)16-18(4)27(21,5)37-28/h10-13,17-18,21-23,32H,6-9,14-16H2,1-5H3,(H,29,34)(H,30,33)/t18?,21-,22+,23?,27+,28?/m1/s1. The van der Waals surface area contributed by atoms with Crippen LogP contribution in [0.3, 0.4) is 0 Å². The molecule has 3 amide bonds. The second-order valence-electron chi connectivity index (χ2n) is 11.1. The lowest BCUT2D eigenvalue weighted by molar-refractivity contribution is -0.146. The molecule has 3 aliphatic heterocycles. The molecule has 0 radical (unpaired) electrons. The first-order valence-corrected chi connectivity index (χ1v) is 13.5. The van der Waals surface area contributed by atoms with Crippen LogP contribution in [0.5, 0.6) is 5.75 Å². The summed E-state index contributed by atoms with van der Waals surface area (Å²) in [6.45, 7) is 10.6. The molecule has 204 valence electrons. The van der Waals surface area contributed by atoms with Crippen molar-refractivity contribution in [2.24, 2.45) is 17.8 Å². The van der Waals surface area contributed by atoms with Gasteiger partial charge in [-0.1, -0.05) is 6.92 Å². The monoisotopic (exact) mass is 515 g/mol. The number of anilines is 1. The zero-order valence-electron chi connectivity index (χ0n) is 22.6. The van der Waals surface area contributed by atoms with E-state index < -0.39 is 29.1 Å². The molecule has 3 unspecified atom stereocenters. The average Bonchev–Trinajstić information content (AvgIpc) is 3.34. The maximum Gasteiger partial charge on any atom is 0.246 e. The zero-order chi connectivity index (χ0) is 27.0. The number of aliphatic hydroxyl groups is 1. The van der Waals surface area contributed by atoms with Crippen molar-refractivity contribution in [2.45, 2.75) is 83.6 Å². The van der Waals surface area contributed by atoms with E-state index in [1.54, 1.807) is 29.2 Å². The number of benzene rings is 1. The summed E-state index contributed by atoms with van der Waals surface area (Å²) in [7, 11) is 0. The summed E-state index contributed by atoms with van der Waals surface area (Å²) in [5.74, 6) is -1.48. The van der Waals surface area contributed by atoms with Crippen molar-refractivity contribution >= 4 is 23.4 Å². The molecule has 6 atom stereocenters. The Balaban J connectivity index is 1.65. The van der Waals surface area contributed by atoms with Crippen molar-refractivity contribution in [3.8, 4) is 5.75 Å². The Morgan fingerprint density at radius 2 is 1.89 bits per heavy atom. The molecule has 3 fully saturated rings. The van der Waals surface area contributed by atoms with E-state index in [0.29, 0.717) is 43.9 Å². The van der Waals surface area contributed by atoms with Gasteiger partial charge >= 0.3 is 0 Å². The molecule has 1 aromatic carbocycles. The summed E-state index contributed by atoms with van der Waals surface area (Å²) in [5, 5.41) is 15.1. The minimum atomic E-state index is -1.05. The van der Waals surface area contributed by atoms with E-state index in [2.05, 4.69) is 10.6 Å². The van der Waals surface area contributed by atoms with Crippen LogP contribution in [0, 0.1) is 17.8 Å². The van der Waals surface area contributed by atoms with Crippen molar-refractivity contribution in [3.05, 3.63) is 24.3 Å². The molecular weight excluding hydrogens is 474 g/mol. The zero-order valence-corrected chi connectivity index (χ0v) is 22.6. The Morgan fingerprint density at radius 3 is 2.51 bits per heavy atom. The quantitative estimate of drug-likeness (QED) is 0.390. The Kier molecular flexibility index (Phi) is 7.85. The molecule has 9 heteroatoms. The first-order chi connectivity index (χ1) is 17.6. The summed E-state index contributed by atoms with van der Waals surface area (Å²) in [6.07, 6.45) is 2.58. The highest BCUT2D eigenvalue weighted by Gasteiger charge is 2.79. The third-order valence-corrected chi connectivity index (χ3v) is 8.27. The number of likely N-dealkylation sites (tertiary alicyclic amines) is 1. The SMILES string of the molecule is CCOc1ccc(NC(=O)[C@H]2[C@H]3C(=O)N(CCCCCO)C(C(=O)NC(C)C)C34CC(C)[C@]2(C)O4)cc1. The van der Waals surface area contributed by atoms with Gasteiger partial charge in [-0.05, 0) is 83.6 Å². The van der Waals surface area contributed by atoms with Crippen molar-refractivity contribution in [1.29, 1.82) is 0 Å². The Morgan fingerprint density at radius 1 is 1.19 bits per heavy atom. The van der Waals surface area contributed by atoms with E-state index in [0.717, 1.165) is 6.42 Å². The van der Waals surface area contributed by atoms with Crippen LogP contribution >= 0.6 is 0 Å². The number of nitrogens with zero attached hydrogens (tertiary/aromatic N) is 1. The maximum atomic E-state index is 14.0. The lowest BCUT2D eigenvalue weighted by Gasteiger charge is -2.36. The van der Waals surface area contributed by atoms with Crippen LogP contribution in [0.2, 0.25) is 0 Å². The number of aliphatic hydroxyl groups excluding tert-OH is 1. The van der Waals surface area contributed by atoms with E-state index in [9.17, 15) is 14.4 Å². The highest BCUT2D eigenvalue weighted by Crippen LogP contribution is 2.65. The molecule has 9 nitrogen and oxygen atoms in total. The van der Waals surface area contributed by atoms with Crippen molar-refractivity contribution < 1.29 is 29.0 Å². The molecule has 0 aromatic heterocycles. The van der Waals surface area contributed by atoms with Crippen LogP contribution in [0.1, 0.15) is 60.3 Å². The molecular formula is C28H41N3O6. The highest BCUT2D eigenvalue weighted by molar-refractivity contribution is 6.02. The first kappa shape index (κ1) is 27.4. The van der Waals surface area contributed by atoms with Gasteiger partial charge in [-0.2, -0.15) is 0 Å². The number of carbonyl (C=O) groups excluding carboxylic acids is 3. The van der Waals surface area contributed by atoms with Crippen molar-refractivity contribution in [2.75, 3.05) is 25.1 Å². The molecule has 37 heavy (non-hydrogen) atoms. The van der Waals surface area contributed by atoms with Gasteiger partial charge in [-0.3, -0.25) is 14.4 Å². The van der Waals surface area contributed by atoms with Gasteiger partial charge < -0.3 is 30.1 Å². The van der Waals surface area contributed by atoms with E-state index in [4.69, 9.17) is 14.6 Å². The van der Waals surface area contributed by atoms with Gasteiger partial charge in [0.05, 0.1) is 24.0 Å². The number of hydrogen-bond acceptors (Lipinski definition) is 6. The van der Waals surface area contributed by atoms with E-state index in [-0.39, 0.29) is 36.3 Å². The largest absolute Gasteiger partial charge is 0.494 e. The first-order valence-electron chi connectivity index (χ1n) is 13.5. The Labute approximate surface area is 219 Å². The Bertz CT molecular complexity index is 1010. The Hall–Kier alpha value is -2.65. The summed E-state index contributed by atoms with van der Waals surface area (Å²) >= 11 is 0. The van der Waals surface area contributed by atoms with E-state index >= 15 is 0 Å². The molecule has 1 aromatic rings. The molecule has 2 bridgehead atoms. The minimum Gasteiger partial charge on any atom is -0.494 e. The molecule has 3 N–H and O–H groups in total. The fraction of sp³-hybridized carbons (Fsp3) is 0.679. The fourth-order valence-electron chi connectivity index (χ4n) is 6.63. The molecule has 4 rings (SSSR count). The number of ether oxygens (including phenoxy) is 2. The average molecular weight is 516 g/mol. The van der Waals surface area contributed by atoms with Gasteiger partial charge in [0.25, 0.3) is 0 Å². The summed E-state index contributed by atoms with van der Waals surface area (Å²) in [4.78, 5) is 43.0. The van der Waals surface area contributed by atoms with Gasteiger partial charge in [0.2, 0.25) is 17.7 Å². The normalized spacial score (nSPS) is 32.1. The predicted molar refractivity (Wildman–Crippen MR) is 139 cm³/mol. The van der Waals surface area contributed by atoms with Gasteiger partial charge in [0.1, 0.15) is 17.4 Å². The number of carbonyl (C=O) groups is 3. The summed E-state index contributed by atoms with van der Waals surface area (Å²) in [6, 6.07) is 6.25. The maximum absolute atomic E-state index is 14.0. The fourth-order valence-corrected chi connectivity index (χ4v) is 6.63.